The van der Waals surface area contributed by atoms with Gasteiger partial charge in [0.1, 0.15) is 0 Å². The number of carbonyl (C=O) groups is 1. The molecule has 4 heteroatoms. The number of amides is 1. The number of hydrogen-bond donors (Lipinski definition) is 2. The fourth-order valence-corrected chi connectivity index (χ4v) is 1.17. The molecule has 0 saturated carbocycles. The van der Waals surface area contributed by atoms with E-state index >= 15 is 0 Å². The van der Waals surface area contributed by atoms with Gasteiger partial charge < -0.3 is 15.4 Å². The van der Waals surface area contributed by atoms with Crippen molar-refractivity contribution in [3.8, 4) is 0 Å². The first-order chi connectivity index (χ1) is 5.83. The molecule has 0 spiro atoms. The minimum Gasteiger partial charge on any atom is -0.379 e. The SMILES string of the molecule is CCNCC(=O)NC1CCOC1. The van der Waals surface area contributed by atoms with E-state index in [1.165, 1.54) is 0 Å². The van der Waals surface area contributed by atoms with Crippen LogP contribution in [-0.2, 0) is 9.53 Å². The summed E-state index contributed by atoms with van der Waals surface area (Å²) in [5.74, 6) is 0.0624. The topological polar surface area (TPSA) is 50.4 Å². The van der Waals surface area contributed by atoms with Crippen molar-refractivity contribution in [3.05, 3.63) is 0 Å². The molecule has 0 aliphatic carbocycles. The Morgan fingerprint density at radius 2 is 2.50 bits per heavy atom. The lowest BCUT2D eigenvalue weighted by Gasteiger charge is -2.10. The van der Waals surface area contributed by atoms with Crippen LogP contribution in [0.4, 0.5) is 0 Å². The lowest BCUT2D eigenvalue weighted by Crippen LogP contribution is -2.40. The molecule has 1 heterocycles. The van der Waals surface area contributed by atoms with E-state index in [4.69, 9.17) is 4.74 Å². The molecule has 12 heavy (non-hydrogen) atoms. The summed E-state index contributed by atoms with van der Waals surface area (Å²) in [5, 5.41) is 5.86. The first-order valence-corrected chi connectivity index (χ1v) is 4.40. The van der Waals surface area contributed by atoms with Crippen LogP contribution in [0.25, 0.3) is 0 Å². The van der Waals surface area contributed by atoms with Crippen LogP contribution >= 0.6 is 0 Å². The molecule has 0 aromatic heterocycles. The lowest BCUT2D eigenvalue weighted by atomic mass is 10.2. The average molecular weight is 172 g/mol. The maximum Gasteiger partial charge on any atom is 0.234 e. The van der Waals surface area contributed by atoms with Crippen LogP contribution in [-0.4, -0.2) is 38.3 Å². The number of likely N-dealkylation sites (N-methyl/N-ethyl adjacent to an activating group) is 1. The quantitative estimate of drug-likeness (QED) is 0.601. The Balaban J connectivity index is 2.08. The second kappa shape index (κ2) is 5.11. The normalized spacial score (nSPS) is 22.6. The van der Waals surface area contributed by atoms with Crippen molar-refractivity contribution in [2.45, 2.75) is 19.4 Å². The average Bonchev–Trinajstić information content (AvgIpc) is 2.53. The number of hydrogen-bond acceptors (Lipinski definition) is 3. The number of ether oxygens (including phenoxy) is 1. The molecule has 0 bridgehead atoms. The molecule has 1 unspecified atom stereocenters. The van der Waals surface area contributed by atoms with E-state index in [0.29, 0.717) is 13.2 Å². The fourth-order valence-electron chi connectivity index (χ4n) is 1.17. The first-order valence-electron chi connectivity index (χ1n) is 4.40. The summed E-state index contributed by atoms with van der Waals surface area (Å²) >= 11 is 0. The van der Waals surface area contributed by atoms with Gasteiger partial charge in [-0.1, -0.05) is 6.92 Å². The van der Waals surface area contributed by atoms with Gasteiger partial charge in [-0.25, -0.2) is 0 Å². The van der Waals surface area contributed by atoms with E-state index in [2.05, 4.69) is 10.6 Å². The highest BCUT2D eigenvalue weighted by molar-refractivity contribution is 5.78. The van der Waals surface area contributed by atoms with Crippen molar-refractivity contribution < 1.29 is 9.53 Å². The standard InChI is InChI=1S/C8H16N2O2/c1-2-9-5-8(11)10-7-3-4-12-6-7/h7,9H,2-6H2,1H3,(H,10,11). The van der Waals surface area contributed by atoms with Gasteiger partial charge in [0, 0.05) is 6.61 Å². The number of nitrogens with one attached hydrogen (secondary N) is 2. The molecular weight excluding hydrogens is 156 g/mol. The largest absolute Gasteiger partial charge is 0.379 e. The Kier molecular flexibility index (Phi) is 4.04. The van der Waals surface area contributed by atoms with Crippen molar-refractivity contribution >= 4 is 5.91 Å². The third-order valence-electron chi connectivity index (χ3n) is 1.83. The molecule has 0 radical (unpaired) electrons. The second-order valence-electron chi connectivity index (χ2n) is 2.91. The molecule has 0 aromatic rings. The maximum atomic E-state index is 11.1. The summed E-state index contributed by atoms with van der Waals surface area (Å²) in [5.41, 5.74) is 0. The van der Waals surface area contributed by atoms with E-state index in [9.17, 15) is 4.79 Å². The Labute approximate surface area is 72.7 Å². The van der Waals surface area contributed by atoms with Gasteiger partial charge in [0.2, 0.25) is 5.91 Å². The van der Waals surface area contributed by atoms with Gasteiger partial charge >= 0.3 is 0 Å². The smallest absolute Gasteiger partial charge is 0.234 e. The zero-order valence-corrected chi connectivity index (χ0v) is 7.43. The number of carbonyl (C=O) groups excluding carboxylic acids is 1. The van der Waals surface area contributed by atoms with Gasteiger partial charge in [0.15, 0.2) is 0 Å². The Hall–Kier alpha value is -0.610. The molecule has 4 nitrogen and oxygen atoms in total. The van der Waals surface area contributed by atoms with Gasteiger partial charge in [0.25, 0.3) is 0 Å². The molecule has 2 N–H and O–H groups in total. The highest BCUT2D eigenvalue weighted by atomic mass is 16.5. The van der Waals surface area contributed by atoms with Gasteiger partial charge in [-0.2, -0.15) is 0 Å². The van der Waals surface area contributed by atoms with E-state index in [1.807, 2.05) is 6.92 Å². The molecule has 1 amide bonds. The highest BCUT2D eigenvalue weighted by Crippen LogP contribution is 2.02. The molecule has 1 aliphatic heterocycles. The van der Waals surface area contributed by atoms with E-state index in [0.717, 1.165) is 19.6 Å². The molecule has 1 atom stereocenters. The van der Waals surface area contributed by atoms with Gasteiger partial charge in [-0.3, -0.25) is 4.79 Å². The summed E-state index contributed by atoms with van der Waals surface area (Å²) < 4.78 is 5.13. The van der Waals surface area contributed by atoms with Crippen LogP contribution in [0.2, 0.25) is 0 Å². The van der Waals surface area contributed by atoms with Crippen LogP contribution in [0.15, 0.2) is 0 Å². The van der Waals surface area contributed by atoms with Crippen molar-refractivity contribution in [3.63, 3.8) is 0 Å². The van der Waals surface area contributed by atoms with Crippen LogP contribution in [0.3, 0.4) is 0 Å². The maximum absolute atomic E-state index is 11.1. The third kappa shape index (κ3) is 3.19. The summed E-state index contributed by atoms with van der Waals surface area (Å²) in [6.07, 6.45) is 0.942. The summed E-state index contributed by atoms with van der Waals surface area (Å²) in [6, 6.07) is 0.233. The zero-order valence-electron chi connectivity index (χ0n) is 7.43. The van der Waals surface area contributed by atoms with E-state index in [1.54, 1.807) is 0 Å². The Bertz CT molecular complexity index is 144. The van der Waals surface area contributed by atoms with E-state index in [-0.39, 0.29) is 11.9 Å². The predicted octanol–water partition coefficient (Wildman–Crippen LogP) is -0.499. The summed E-state index contributed by atoms with van der Waals surface area (Å²) in [7, 11) is 0. The first kappa shape index (κ1) is 9.48. The van der Waals surface area contributed by atoms with Crippen LogP contribution in [0, 0.1) is 0 Å². The van der Waals surface area contributed by atoms with Gasteiger partial charge in [-0.15, -0.1) is 0 Å². The van der Waals surface area contributed by atoms with Crippen molar-refractivity contribution in [2.24, 2.45) is 0 Å². The zero-order chi connectivity index (χ0) is 8.81. The molecule has 1 saturated heterocycles. The van der Waals surface area contributed by atoms with Crippen molar-refractivity contribution in [2.75, 3.05) is 26.3 Å². The number of rotatable bonds is 4. The van der Waals surface area contributed by atoms with Crippen molar-refractivity contribution in [1.29, 1.82) is 0 Å². The summed E-state index contributed by atoms with van der Waals surface area (Å²) in [4.78, 5) is 11.1. The highest BCUT2D eigenvalue weighted by Gasteiger charge is 2.16. The predicted molar refractivity (Wildman–Crippen MR) is 45.9 cm³/mol. The molecule has 70 valence electrons. The van der Waals surface area contributed by atoms with Crippen LogP contribution < -0.4 is 10.6 Å². The Morgan fingerprint density at radius 1 is 1.67 bits per heavy atom. The minimum atomic E-state index is 0.0624. The molecular formula is C8H16N2O2. The van der Waals surface area contributed by atoms with Crippen molar-refractivity contribution in [1.82, 2.24) is 10.6 Å². The van der Waals surface area contributed by atoms with Crippen LogP contribution in [0.1, 0.15) is 13.3 Å². The summed E-state index contributed by atoms with van der Waals surface area (Å²) in [6.45, 7) is 4.65. The Morgan fingerprint density at radius 3 is 3.08 bits per heavy atom. The third-order valence-corrected chi connectivity index (χ3v) is 1.83. The molecule has 1 rings (SSSR count). The molecule has 0 aromatic carbocycles. The molecule has 1 fully saturated rings. The second-order valence-corrected chi connectivity index (χ2v) is 2.91. The van der Waals surface area contributed by atoms with Gasteiger partial charge in [0.05, 0.1) is 19.2 Å². The van der Waals surface area contributed by atoms with Crippen LogP contribution in [0.5, 0.6) is 0 Å². The van der Waals surface area contributed by atoms with E-state index < -0.39 is 0 Å². The fraction of sp³-hybridized carbons (Fsp3) is 0.875. The lowest BCUT2D eigenvalue weighted by molar-refractivity contribution is -0.120. The monoisotopic (exact) mass is 172 g/mol. The minimum absolute atomic E-state index is 0.0624. The van der Waals surface area contributed by atoms with Gasteiger partial charge in [-0.05, 0) is 13.0 Å². The molecule has 1 aliphatic rings.